The van der Waals surface area contributed by atoms with Crippen LogP contribution in [0.25, 0.3) is 0 Å². The molecule has 0 aliphatic carbocycles. The molecule has 0 N–H and O–H groups in total. The zero-order valence-corrected chi connectivity index (χ0v) is 6.60. The summed E-state index contributed by atoms with van der Waals surface area (Å²) in [4.78, 5) is 7.70. The number of ether oxygens (including phenoxy) is 1. The average Bonchev–Trinajstić information content (AvgIpc) is 2.03. The Labute approximate surface area is 66.8 Å². The molecule has 0 spiro atoms. The topological polar surface area (TPSA) is 34.0 Å². The maximum Gasteiger partial charge on any atom is 0.169 e. The largest absolute Gasteiger partial charge is 0.487 e. The highest BCUT2D eigenvalue weighted by Crippen LogP contribution is 1.75. The minimum Gasteiger partial charge on any atom is -0.487 e. The van der Waals surface area contributed by atoms with E-state index in [0.717, 1.165) is 0 Å². The monoisotopic (exact) mass is 152 g/mol. The van der Waals surface area contributed by atoms with Crippen LogP contribution in [0.4, 0.5) is 0 Å². The third-order valence-electron chi connectivity index (χ3n) is 0.774. The van der Waals surface area contributed by atoms with Gasteiger partial charge < -0.3 is 4.74 Å². The Morgan fingerprint density at radius 2 is 2.36 bits per heavy atom. The van der Waals surface area contributed by atoms with Crippen LogP contribution in [0.15, 0.2) is 34.9 Å². The van der Waals surface area contributed by atoms with Crippen LogP contribution in [0.1, 0.15) is 0 Å². The molecule has 0 aromatic carbocycles. The number of methoxy groups -OCH3 is 1. The summed E-state index contributed by atoms with van der Waals surface area (Å²) in [5.41, 5.74) is 0. The number of allylic oxidation sites excluding steroid dienone is 1. The fraction of sp³-hybridized carbons (Fsp3) is 0.250. The van der Waals surface area contributed by atoms with E-state index in [1.165, 1.54) is 6.40 Å². The van der Waals surface area contributed by atoms with Crippen molar-refractivity contribution < 1.29 is 4.74 Å². The average molecular weight is 152 g/mol. The minimum atomic E-state index is 0.586. The summed E-state index contributed by atoms with van der Waals surface area (Å²) < 4.78 is 4.59. The lowest BCUT2D eigenvalue weighted by molar-refractivity contribution is 0.421. The third kappa shape index (κ3) is 8.62. The highest BCUT2D eigenvalue weighted by atomic mass is 16.5. The van der Waals surface area contributed by atoms with E-state index in [1.54, 1.807) is 25.6 Å². The lowest BCUT2D eigenvalue weighted by Gasteiger charge is -1.82. The van der Waals surface area contributed by atoms with Gasteiger partial charge in [-0.2, -0.15) is 0 Å². The molecule has 0 amide bonds. The zero-order valence-electron chi connectivity index (χ0n) is 6.60. The van der Waals surface area contributed by atoms with E-state index in [1.807, 2.05) is 6.08 Å². The van der Waals surface area contributed by atoms with Crippen LogP contribution in [0.5, 0.6) is 0 Å². The van der Waals surface area contributed by atoms with E-state index in [0.29, 0.717) is 6.54 Å². The number of aliphatic imine (C=N–C) groups is 2. The second-order valence-electron chi connectivity index (χ2n) is 1.62. The lowest BCUT2D eigenvalue weighted by atomic mass is 10.6. The predicted molar refractivity (Wildman–Crippen MR) is 48.2 cm³/mol. The summed E-state index contributed by atoms with van der Waals surface area (Å²) in [7, 11) is 1.56. The Kier molecular flexibility index (Phi) is 7.54. The van der Waals surface area contributed by atoms with Crippen LogP contribution in [0.3, 0.4) is 0 Å². The number of rotatable bonds is 5. The van der Waals surface area contributed by atoms with E-state index in [9.17, 15) is 0 Å². The molecule has 0 aliphatic heterocycles. The first kappa shape index (κ1) is 9.62. The molecule has 3 nitrogen and oxygen atoms in total. The minimum absolute atomic E-state index is 0.586. The molecule has 0 heterocycles. The first-order chi connectivity index (χ1) is 5.41. The van der Waals surface area contributed by atoms with Gasteiger partial charge in [0.1, 0.15) is 0 Å². The molecule has 0 rings (SSSR count). The second kappa shape index (κ2) is 8.62. The van der Waals surface area contributed by atoms with Crippen LogP contribution in [-0.4, -0.2) is 26.3 Å². The SMILES string of the molecule is C=CC=N/C=C\CN=COC. The van der Waals surface area contributed by atoms with Crippen molar-refractivity contribution in [2.75, 3.05) is 13.7 Å². The van der Waals surface area contributed by atoms with Gasteiger partial charge in [-0.05, 0) is 6.08 Å². The molecular weight excluding hydrogens is 140 g/mol. The van der Waals surface area contributed by atoms with Crippen molar-refractivity contribution in [1.82, 2.24) is 0 Å². The standard InChI is InChI=1S/C8H12N2O/c1-3-5-9-6-4-7-10-8-11-2/h3-6,8H,1,7H2,2H3/b6-4-,9-5?,10-8?. The van der Waals surface area contributed by atoms with E-state index in [4.69, 9.17) is 0 Å². The van der Waals surface area contributed by atoms with Gasteiger partial charge >= 0.3 is 0 Å². The molecule has 3 heteroatoms. The normalized spacial score (nSPS) is 11.7. The third-order valence-corrected chi connectivity index (χ3v) is 0.774. The molecule has 60 valence electrons. The van der Waals surface area contributed by atoms with Gasteiger partial charge in [0.05, 0.1) is 13.7 Å². The van der Waals surface area contributed by atoms with Crippen molar-refractivity contribution in [2.45, 2.75) is 0 Å². The highest BCUT2D eigenvalue weighted by molar-refractivity contribution is 5.70. The van der Waals surface area contributed by atoms with Crippen molar-refractivity contribution >= 4 is 12.6 Å². The van der Waals surface area contributed by atoms with Gasteiger partial charge in [-0.25, -0.2) is 0 Å². The Hall–Kier alpha value is -1.38. The van der Waals surface area contributed by atoms with Gasteiger partial charge in [-0.3, -0.25) is 9.98 Å². The van der Waals surface area contributed by atoms with Crippen molar-refractivity contribution in [3.63, 3.8) is 0 Å². The van der Waals surface area contributed by atoms with Crippen molar-refractivity contribution in [2.24, 2.45) is 9.98 Å². The predicted octanol–water partition coefficient (Wildman–Crippen LogP) is 1.43. The first-order valence-corrected chi connectivity index (χ1v) is 3.22. The molecule has 0 aliphatic rings. The number of hydrogen-bond acceptors (Lipinski definition) is 3. The van der Waals surface area contributed by atoms with Gasteiger partial charge in [-0.15, -0.1) is 0 Å². The van der Waals surface area contributed by atoms with Crippen LogP contribution < -0.4 is 0 Å². The Morgan fingerprint density at radius 3 is 3.00 bits per heavy atom. The van der Waals surface area contributed by atoms with Crippen molar-refractivity contribution in [3.8, 4) is 0 Å². The first-order valence-electron chi connectivity index (χ1n) is 3.22. The van der Waals surface area contributed by atoms with E-state index in [-0.39, 0.29) is 0 Å². The Morgan fingerprint density at radius 1 is 1.55 bits per heavy atom. The maximum absolute atomic E-state index is 4.59. The molecule has 0 aromatic rings. The zero-order chi connectivity index (χ0) is 8.36. The molecule has 11 heavy (non-hydrogen) atoms. The van der Waals surface area contributed by atoms with Crippen LogP contribution in [-0.2, 0) is 4.74 Å². The summed E-state index contributed by atoms with van der Waals surface area (Å²) in [5, 5.41) is 0. The molecule has 0 bridgehead atoms. The van der Waals surface area contributed by atoms with Gasteiger partial charge in [0.2, 0.25) is 0 Å². The van der Waals surface area contributed by atoms with E-state index < -0.39 is 0 Å². The summed E-state index contributed by atoms with van der Waals surface area (Å²) >= 11 is 0. The van der Waals surface area contributed by atoms with Crippen LogP contribution in [0.2, 0.25) is 0 Å². The van der Waals surface area contributed by atoms with Gasteiger partial charge in [0, 0.05) is 12.4 Å². The van der Waals surface area contributed by atoms with E-state index >= 15 is 0 Å². The molecule has 0 unspecified atom stereocenters. The van der Waals surface area contributed by atoms with Gasteiger partial charge in [-0.1, -0.05) is 12.7 Å². The fourth-order valence-electron chi connectivity index (χ4n) is 0.397. The van der Waals surface area contributed by atoms with Crippen molar-refractivity contribution in [1.29, 1.82) is 0 Å². The molecule has 0 saturated carbocycles. The molecule has 0 fully saturated rings. The second-order valence-corrected chi connectivity index (χ2v) is 1.62. The van der Waals surface area contributed by atoms with Crippen LogP contribution >= 0.6 is 0 Å². The summed E-state index contributed by atoms with van der Waals surface area (Å²) in [6, 6.07) is 0. The lowest BCUT2D eigenvalue weighted by Crippen LogP contribution is -1.78. The molecular formula is C8H12N2O. The Balaban J connectivity index is 3.36. The van der Waals surface area contributed by atoms with Gasteiger partial charge in [0.25, 0.3) is 0 Å². The Bertz CT molecular complexity index is 171. The van der Waals surface area contributed by atoms with Crippen LogP contribution in [0, 0.1) is 0 Å². The smallest absolute Gasteiger partial charge is 0.169 e. The summed E-state index contributed by atoms with van der Waals surface area (Å²) in [5.74, 6) is 0. The molecule has 0 saturated heterocycles. The molecule has 0 radical (unpaired) electrons. The fourth-order valence-corrected chi connectivity index (χ4v) is 0.397. The van der Waals surface area contributed by atoms with Crippen molar-refractivity contribution in [3.05, 3.63) is 24.9 Å². The number of nitrogens with zero attached hydrogens (tertiary/aromatic N) is 2. The summed E-state index contributed by atoms with van der Waals surface area (Å²) in [6.07, 6.45) is 8.09. The summed E-state index contributed by atoms with van der Waals surface area (Å²) in [6.45, 7) is 4.06. The van der Waals surface area contributed by atoms with E-state index in [2.05, 4.69) is 21.3 Å². The maximum atomic E-state index is 4.59. The highest BCUT2D eigenvalue weighted by Gasteiger charge is 1.67. The van der Waals surface area contributed by atoms with Gasteiger partial charge in [0.15, 0.2) is 6.40 Å². The quantitative estimate of drug-likeness (QED) is 0.433. The molecule has 0 aromatic heterocycles. The molecule has 0 atom stereocenters. The number of hydrogen-bond donors (Lipinski definition) is 0.